The van der Waals surface area contributed by atoms with Gasteiger partial charge in [0.05, 0.1) is 5.41 Å². The van der Waals surface area contributed by atoms with E-state index in [9.17, 15) is 14.7 Å². The Labute approximate surface area is 109 Å². The van der Waals surface area contributed by atoms with Crippen LogP contribution in [0.15, 0.2) is 0 Å². The van der Waals surface area contributed by atoms with Crippen LogP contribution < -0.4 is 5.32 Å². The lowest BCUT2D eigenvalue weighted by Gasteiger charge is -2.24. The van der Waals surface area contributed by atoms with Gasteiger partial charge in [0.15, 0.2) is 0 Å². The molecule has 104 valence electrons. The van der Waals surface area contributed by atoms with Crippen molar-refractivity contribution < 1.29 is 14.7 Å². The van der Waals surface area contributed by atoms with Gasteiger partial charge in [0.1, 0.15) is 0 Å². The van der Waals surface area contributed by atoms with Crippen LogP contribution >= 0.6 is 0 Å². The van der Waals surface area contributed by atoms with Gasteiger partial charge in [0.2, 0.25) is 5.91 Å². The predicted octanol–water partition coefficient (Wildman–Crippen LogP) is 2.72. The number of rotatable bonds is 7. The van der Waals surface area contributed by atoms with Gasteiger partial charge in [-0.3, -0.25) is 9.59 Å². The summed E-state index contributed by atoms with van der Waals surface area (Å²) in [7, 11) is 0. The Morgan fingerprint density at radius 2 is 1.89 bits per heavy atom. The largest absolute Gasteiger partial charge is 0.481 e. The van der Waals surface area contributed by atoms with Gasteiger partial charge in [-0.2, -0.15) is 0 Å². The SMILES string of the molecule is CCCC(CC)NC(=O)CC1(C(=O)O)CCCC1. The number of nitrogens with one attached hydrogen (secondary N) is 1. The molecule has 1 saturated carbocycles. The van der Waals surface area contributed by atoms with Crippen LogP contribution in [0, 0.1) is 5.41 Å². The Morgan fingerprint density at radius 1 is 1.28 bits per heavy atom. The van der Waals surface area contributed by atoms with Gasteiger partial charge < -0.3 is 10.4 Å². The Morgan fingerprint density at radius 3 is 2.33 bits per heavy atom. The molecule has 18 heavy (non-hydrogen) atoms. The van der Waals surface area contributed by atoms with Gasteiger partial charge in [-0.15, -0.1) is 0 Å². The number of carboxylic acid groups (broad SMARTS) is 1. The van der Waals surface area contributed by atoms with E-state index in [4.69, 9.17) is 0 Å². The fourth-order valence-corrected chi connectivity index (χ4v) is 2.83. The van der Waals surface area contributed by atoms with Crippen LogP contribution in [-0.4, -0.2) is 23.0 Å². The third-order valence-corrected chi connectivity index (χ3v) is 4.01. The highest BCUT2D eigenvalue weighted by Gasteiger charge is 2.43. The molecule has 0 aliphatic heterocycles. The Hall–Kier alpha value is -1.06. The molecule has 1 unspecified atom stereocenters. The molecule has 0 spiro atoms. The van der Waals surface area contributed by atoms with Crippen LogP contribution in [0.5, 0.6) is 0 Å². The van der Waals surface area contributed by atoms with Crippen LogP contribution in [0.3, 0.4) is 0 Å². The number of amides is 1. The monoisotopic (exact) mass is 255 g/mol. The molecule has 0 aromatic rings. The van der Waals surface area contributed by atoms with Crippen LogP contribution in [0.4, 0.5) is 0 Å². The highest BCUT2D eigenvalue weighted by molar-refractivity contribution is 5.85. The molecule has 0 radical (unpaired) electrons. The lowest BCUT2D eigenvalue weighted by Crippen LogP contribution is -2.40. The van der Waals surface area contributed by atoms with Crippen molar-refractivity contribution in [3.63, 3.8) is 0 Å². The summed E-state index contributed by atoms with van der Waals surface area (Å²) >= 11 is 0. The normalized spacial score (nSPS) is 19.4. The van der Waals surface area contributed by atoms with Crippen molar-refractivity contribution in [2.75, 3.05) is 0 Å². The smallest absolute Gasteiger partial charge is 0.310 e. The van der Waals surface area contributed by atoms with Crippen LogP contribution in [0.25, 0.3) is 0 Å². The van der Waals surface area contributed by atoms with E-state index >= 15 is 0 Å². The molecule has 1 amide bonds. The zero-order chi connectivity index (χ0) is 13.6. The zero-order valence-corrected chi connectivity index (χ0v) is 11.5. The first-order valence-electron chi connectivity index (χ1n) is 7.07. The second-order valence-electron chi connectivity index (χ2n) is 5.43. The molecule has 0 aromatic carbocycles. The fraction of sp³-hybridized carbons (Fsp3) is 0.857. The van der Waals surface area contributed by atoms with E-state index in [2.05, 4.69) is 12.2 Å². The van der Waals surface area contributed by atoms with E-state index in [1.807, 2.05) is 6.92 Å². The molecule has 4 heteroatoms. The predicted molar refractivity (Wildman–Crippen MR) is 70.3 cm³/mol. The van der Waals surface area contributed by atoms with Gasteiger partial charge in [-0.05, 0) is 25.7 Å². The summed E-state index contributed by atoms with van der Waals surface area (Å²) in [4.78, 5) is 23.3. The third-order valence-electron chi connectivity index (χ3n) is 4.01. The van der Waals surface area contributed by atoms with Crippen molar-refractivity contribution in [2.24, 2.45) is 5.41 Å². The fourth-order valence-electron chi connectivity index (χ4n) is 2.83. The Balaban J connectivity index is 2.54. The van der Waals surface area contributed by atoms with Crippen LogP contribution in [0.2, 0.25) is 0 Å². The van der Waals surface area contributed by atoms with E-state index in [1.54, 1.807) is 0 Å². The molecular formula is C14H25NO3. The first-order valence-corrected chi connectivity index (χ1v) is 7.07. The third kappa shape index (κ3) is 3.72. The summed E-state index contributed by atoms with van der Waals surface area (Å²) in [5, 5.41) is 12.3. The Kier molecular flexibility index (Phi) is 5.63. The molecule has 1 rings (SSSR count). The van der Waals surface area contributed by atoms with Crippen LogP contribution in [-0.2, 0) is 9.59 Å². The lowest BCUT2D eigenvalue weighted by molar-refractivity contribution is -0.151. The summed E-state index contributed by atoms with van der Waals surface area (Å²) in [5.41, 5.74) is -0.797. The molecule has 1 aliphatic rings. The molecule has 2 N–H and O–H groups in total. The quantitative estimate of drug-likeness (QED) is 0.735. The van der Waals surface area contributed by atoms with Crippen molar-refractivity contribution >= 4 is 11.9 Å². The summed E-state index contributed by atoms with van der Waals surface area (Å²) < 4.78 is 0. The second kappa shape index (κ2) is 6.76. The minimum atomic E-state index is -0.807. The van der Waals surface area contributed by atoms with E-state index in [0.29, 0.717) is 12.8 Å². The van der Waals surface area contributed by atoms with Crippen molar-refractivity contribution in [2.45, 2.75) is 71.3 Å². The maximum Gasteiger partial charge on any atom is 0.310 e. The summed E-state index contributed by atoms with van der Waals surface area (Å²) in [6.45, 7) is 4.13. The first kappa shape index (κ1) is 15.0. The summed E-state index contributed by atoms with van der Waals surface area (Å²) in [5.74, 6) is -0.904. The maximum atomic E-state index is 12.0. The molecule has 0 aromatic heterocycles. The highest BCUT2D eigenvalue weighted by Crippen LogP contribution is 2.41. The van der Waals surface area contributed by atoms with Crippen LogP contribution in [0.1, 0.15) is 65.2 Å². The molecule has 4 nitrogen and oxygen atoms in total. The number of aliphatic carboxylic acids is 1. The van der Waals surface area contributed by atoms with Gasteiger partial charge in [0, 0.05) is 12.5 Å². The maximum absolute atomic E-state index is 12.0. The van der Waals surface area contributed by atoms with E-state index in [0.717, 1.165) is 32.1 Å². The second-order valence-corrected chi connectivity index (χ2v) is 5.43. The van der Waals surface area contributed by atoms with Gasteiger partial charge in [-0.25, -0.2) is 0 Å². The highest BCUT2D eigenvalue weighted by atomic mass is 16.4. The number of carbonyl (C=O) groups is 2. The summed E-state index contributed by atoms with van der Waals surface area (Å²) in [6, 6.07) is 0.190. The number of carboxylic acids is 1. The van der Waals surface area contributed by atoms with Crippen molar-refractivity contribution in [1.82, 2.24) is 5.32 Å². The van der Waals surface area contributed by atoms with Crippen molar-refractivity contribution in [3.8, 4) is 0 Å². The molecular weight excluding hydrogens is 230 g/mol. The molecule has 0 bridgehead atoms. The lowest BCUT2D eigenvalue weighted by atomic mass is 9.82. The van der Waals surface area contributed by atoms with Gasteiger partial charge >= 0.3 is 5.97 Å². The number of carbonyl (C=O) groups excluding carboxylic acids is 1. The first-order chi connectivity index (χ1) is 8.54. The van der Waals surface area contributed by atoms with E-state index < -0.39 is 11.4 Å². The molecule has 1 aliphatic carbocycles. The van der Waals surface area contributed by atoms with Crippen molar-refractivity contribution in [3.05, 3.63) is 0 Å². The minimum Gasteiger partial charge on any atom is -0.481 e. The van der Waals surface area contributed by atoms with Gasteiger partial charge in [0.25, 0.3) is 0 Å². The topological polar surface area (TPSA) is 66.4 Å². The van der Waals surface area contributed by atoms with E-state index in [-0.39, 0.29) is 18.4 Å². The number of hydrogen-bond donors (Lipinski definition) is 2. The van der Waals surface area contributed by atoms with E-state index in [1.165, 1.54) is 0 Å². The van der Waals surface area contributed by atoms with Crippen molar-refractivity contribution in [1.29, 1.82) is 0 Å². The average molecular weight is 255 g/mol. The number of hydrogen-bond acceptors (Lipinski definition) is 2. The molecule has 1 fully saturated rings. The molecule has 0 heterocycles. The molecule has 1 atom stereocenters. The summed E-state index contributed by atoms with van der Waals surface area (Å²) in [6.07, 6.45) is 6.16. The standard InChI is InChI=1S/C14H25NO3/c1-3-7-11(4-2)15-12(16)10-14(13(17)18)8-5-6-9-14/h11H,3-10H2,1-2H3,(H,15,16)(H,17,18). The zero-order valence-electron chi connectivity index (χ0n) is 11.5. The average Bonchev–Trinajstić information content (AvgIpc) is 2.78. The Bertz CT molecular complexity index is 295. The van der Waals surface area contributed by atoms with Gasteiger partial charge in [-0.1, -0.05) is 33.1 Å². The minimum absolute atomic E-state index is 0.0976. The molecule has 0 saturated heterocycles.